The van der Waals surface area contributed by atoms with Crippen LogP contribution in [0.25, 0.3) is 0 Å². The summed E-state index contributed by atoms with van der Waals surface area (Å²) in [4.78, 5) is 17.6. The van der Waals surface area contributed by atoms with Crippen molar-refractivity contribution in [3.05, 3.63) is 83.4 Å². The van der Waals surface area contributed by atoms with Crippen LogP contribution in [0.4, 0.5) is 17.1 Å². The number of carbonyl (C=O) groups is 1. The van der Waals surface area contributed by atoms with Gasteiger partial charge < -0.3 is 15.1 Å². The van der Waals surface area contributed by atoms with Crippen molar-refractivity contribution < 1.29 is 13.2 Å². The van der Waals surface area contributed by atoms with Gasteiger partial charge in [-0.2, -0.15) is 0 Å². The maximum absolute atomic E-state index is 13.0. The Labute approximate surface area is 205 Å². The molecule has 0 unspecified atom stereocenters. The second kappa shape index (κ2) is 10.0. The van der Waals surface area contributed by atoms with Gasteiger partial charge in [0.25, 0.3) is 15.9 Å². The highest BCUT2D eigenvalue weighted by Crippen LogP contribution is 2.30. The lowest BCUT2D eigenvalue weighted by Crippen LogP contribution is -2.44. The van der Waals surface area contributed by atoms with Crippen molar-refractivity contribution in [2.75, 3.05) is 54.8 Å². The van der Waals surface area contributed by atoms with Gasteiger partial charge in [0.2, 0.25) is 0 Å². The first-order chi connectivity index (χ1) is 16.3. The summed E-state index contributed by atoms with van der Waals surface area (Å²) < 4.78 is 27.2. The fourth-order valence-electron chi connectivity index (χ4n) is 3.84. The van der Waals surface area contributed by atoms with Crippen LogP contribution in [-0.4, -0.2) is 59.5 Å². The molecule has 0 bridgehead atoms. The van der Waals surface area contributed by atoms with Gasteiger partial charge >= 0.3 is 0 Å². The van der Waals surface area contributed by atoms with Crippen molar-refractivity contribution in [2.24, 2.45) is 0 Å². The van der Waals surface area contributed by atoms with Crippen LogP contribution in [0.3, 0.4) is 0 Å². The number of benzene rings is 3. The molecule has 0 radical (unpaired) electrons. The van der Waals surface area contributed by atoms with Gasteiger partial charge in [-0.05, 0) is 61.6 Å². The first kappa shape index (κ1) is 24.1. The van der Waals surface area contributed by atoms with E-state index in [1.54, 1.807) is 30.3 Å². The predicted molar refractivity (Wildman–Crippen MR) is 138 cm³/mol. The van der Waals surface area contributed by atoms with E-state index in [9.17, 15) is 13.2 Å². The van der Waals surface area contributed by atoms with Crippen LogP contribution < -0.4 is 14.5 Å². The molecule has 1 aliphatic rings. The van der Waals surface area contributed by atoms with Crippen LogP contribution in [0.1, 0.15) is 10.4 Å². The summed E-state index contributed by atoms with van der Waals surface area (Å²) >= 11 is 6.21. The number of piperazine rings is 1. The number of para-hydroxylation sites is 1. The maximum Gasteiger partial charge on any atom is 0.264 e. The Morgan fingerprint density at radius 1 is 0.941 bits per heavy atom. The standard InChI is InChI=1S/C25H27ClN4O3S/c1-28-14-16-30(17-15-28)24-13-10-20(26)18-23(24)27-25(31)19-8-11-22(12-9-19)34(32,33)29(2)21-6-4-3-5-7-21/h3-13,18H,14-17H2,1-2H3,(H,27,31). The van der Waals surface area contributed by atoms with Gasteiger partial charge in [-0.15, -0.1) is 0 Å². The Bertz CT molecular complexity index is 1260. The molecule has 0 saturated carbocycles. The summed E-state index contributed by atoms with van der Waals surface area (Å²) in [6, 6.07) is 20.2. The number of nitrogens with zero attached hydrogens (tertiary/aromatic N) is 3. The minimum Gasteiger partial charge on any atom is -0.367 e. The predicted octanol–water partition coefficient (Wildman–Crippen LogP) is 4.17. The van der Waals surface area contributed by atoms with Crippen molar-refractivity contribution in [2.45, 2.75) is 4.90 Å². The molecule has 1 heterocycles. The highest BCUT2D eigenvalue weighted by Gasteiger charge is 2.22. The molecule has 0 aromatic heterocycles. The van der Waals surface area contributed by atoms with Gasteiger partial charge in [-0.1, -0.05) is 29.8 Å². The summed E-state index contributed by atoms with van der Waals surface area (Å²) in [5.41, 5.74) is 2.45. The molecular weight excluding hydrogens is 472 g/mol. The summed E-state index contributed by atoms with van der Waals surface area (Å²) in [5, 5.41) is 3.47. The first-order valence-electron chi connectivity index (χ1n) is 10.9. The number of hydrogen-bond donors (Lipinski definition) is 1. The number of nitrogens with one attached hydrogen (secondary N) is 1. The Kier molecular flexibility index (Phi) is 7.11. The fourth-order valence-corrected chi connectivity index (χ4v) is 5.21. The number of rotatable bonds is 6. The van der Waals surface area contributed by atoms with E-state index in [1.807, 2.05) is 18.2 Å². The third kappa shape index (κ3) is 5.19. The van der Waals surface area contributed by atoms with E-state index in [-0.39, 0.29) is 10.8 Å². The lowest BCUT2D eigenvalue weighted by atomic mass is 10.1. The third-order valence-corrected chi connectivity index (χ3v) is 7.98. The molecule has 1 N–H and O–H groups in total. The smallest absolute Gasteiger partial charge is 0.264 e. The number of hydrogen-bond acceptors (Lipinski definition) is 5. The van der Waals surface area contributed by atoms with Gasteiger partial charge in [-0.25, -0.2) is 8.42 Å². The van der Waals surface area contributed by atoms with Gasteiger partial charge in [0.15, 0.2) is 0 Å². The summed E-state index contributed by atoms with van der Waals surface area (Å²) in [6.07, 6.45) is 0. The first-order valence-corrected chi connectivity index (χ1v) is 12.8. The van der Waals surface area contributed by atoms with E-state index in [0.717, 1.165) is 31.9 Å². The van der Waals surface area contributed by atoms with Crippen molar-refractivity contribution in [1.29, 1.82) is 0 Å². The van der Waals surface area contributed by atoms with E-state index in [2.05, 4.69) is 22.2 Å². The molecule has 1 amide bonds. The van der Waals surface area contributed by atoms with Gasteiger partial charge in [0, 0.05) is 43.8 Å². The lowest BCUT2D eigenvalue weighted by Gasteiger charge is -2.35. The Hall–Kier alpha value is -3.07. The zero-order valence-corrected chi connectivity index (χ0v) is 20.7. The molecule has 3 aromatic rings. The molecule has 0 aliphatic carbocycles. The number of sulfonamides is 1. The van der Waals surface area contributed by atoms with E-state index in [1.165, 1.54) is 35.6 Å². The lowest BCUT2D eigenvalue weighted by molar-refractivity contribution is 0.102. The normalized spacial score (nSPS) is 14.6. The molecule has 1 saturated heterocycles. The highest BCUT2D eigenvalue weighted by atomic mass is 35.5. The summed E-state index contributed by atoms with van der Waals surface area (Å²) in [7, 11) is -0.160. The molecular formula is C25H27ClN4O3S. The topological polar surface area (TPSA) is 73.0 Å². The van der Waals surface area contributed by atoms with Crippen LogP contribution in [-0.2, 0) is 10.0 Å². The zero-order chi connectivity index (χ0) is 24.3. The average molecular weight is 499 g/mol. The van der Waals surface area contributed by atoms with Crippen molar-refractivity contribution in [1.82, 2.24) is 4.90 Å². The zero-order valence-electron chi connectivity index (χ0n) is 19.1. The molecule has 0 spiro atoms. The van der Waals surface area contributed by atoms with Crippen molar-refractivity contribution in [3.8, 4) is 0 Å². The Morgan fingerprint density at radius 3 is 2.24 bits per heavy atom. The van der Waals surface area contributed by atoms with Gasteiger partial charge in [0.05, 0.1) is 22.0 Å². The van der Waals surface area contributed by atoms with Crippen LogP contribution in [0, 0.1) is 0 Å². The second-order valence-electron chi connectivity index (χ2n) is 8.24. The van der Waals surface area contributed by atoms with Crippen molar-refractivity contribution in [3.63, 3.8) is 0 Å². The number of likely N-dealkylation sites (N-methyl/N-ethyl adjacent to an activating group) is 1. The summed E-state index contributed by atoms with van der Waals surface area (Å²) in [6.45, 7) is 3.57. The average Bonchev–Trinajstić information content (AvgIpc) is 2.85. The number of halogens is 1. The minimum atomic E-state index is -3.75. The molecule has 9 heteroatoms. The molecule has 7 nitrogen and oxygen atoms in total. The van der Waals surface area contributed by atoms with Crippen LogP contribution >= 0.6 is 11.6 Å². The minimum absolute atomic E-state index is 0.108. The van der Waals surface area contributed by atoms with Crippen LogP contribution in [0.2, 0.25) is 5.02 Å². The SMILES string of the molecule is CN1CCN(c2ccc(Cl)cc2NC(=O)c2ccc(S(=O)(=O)N(C)c3ccccc3)cc2)CC1. The van der Waals surface area contributed by atoms with E-state index in [4.69, 9.17) is 11.6 Å². The molecule has 0 atom stereocenters. The Morgan fingerprint density at radius 2 is 1.59 bits per heavy atom. The van der Waals surface area contributed by atoms with Gasteiger partial charge in [-0.3, -0.25) is 9.10 Å². The maximum atomic E-state index is 13.0. The van der Waals surface area contributed by atoms with E-state index < -0.39 is 10.0 Å². The number of anilines is 3. The van der Waals surface area contributed by atoms with E-state index >= 15 is 0 Å². The Balaban J connectivity index is 1.52. The second-order valence-corrected chi connectivity index (χ2v) is 10.6. The monoisotopic (exact) mass is 498 g/mol. The fraction of sp³-hybridized carbons (Fsp3) is 0.240. The number of amides is 1. The third-order valence-electron chi connectivity index (χ3n) is 5.95. The quantitative estimate of drug-likeness (QED) is 0.552. The molecule has 34 heavy (non-hydrogen) atoms. The van der Waals surface area contributed by atoms with Crippen molar-refractivity contribution >= 4 is 44.6 Å². The van der Waals surface area contributed by atoms with E-state index in [0.29, 0.717) is 22.0 Å². The molecule has 1 aliphatic heterocycles. The molecule has 4 rings (SSSR count). The molecule has 1 fully saturated rings. The van der Waals surface area contributed by atoms with Crippen LogP contribution in [0.5, 0.6) is 0 Å². The summed E-state index contributed by atoms with van der Waals surface area (Å²) in [5.74, 6) is -0.335. The van der Waals surface area contributed by atoms with Gasteiger partial charge in [0.1, 0.15) is 0 Å². The molecule has 178 valence electrons. The largest absolute Gasteiger partial charge is 0.367 e. The molecule has 3 aromatic carbocycles. The number of carbonyl (C=O) groups excluding carboxylic acids is 1. The highest BCUT2D eigenvalue weighted by molar-refractivity contribution is 7.92. The van der Waals surface area contributed by atoms with Crippen LogP contribution in [0.15, 0.2) is 77.7 Å².